The number of ether oxygens (including phenoxy) is 1. The summed E-state index contributed by atoms with van der Waals surface area (Å²) in [4.78, 5) is 12.6. The second-order valence-electron chi connectivity index (χ2n) is 6.59. The summed E-state index contributed by atoms with van der Waals surface area (Å²) in [6.07, 6.45) is 1.000. The third-order valence-corrected chi connectivity index (χ3v) is 4.93. The Balaban J connectivity index is 1.83. The average Bonchev–Trinajstić information content (AvgIpc) is 2.56. The van der Waals surface area contributed by atoms with Gasteiger partial charge < -0.3 is 14.6 Å². The van der Waals surface area contributed by atoms with E-state index in [2.05, 4.69) is 10.1 Å². The molecule has 2 aromatic rings. The zero-order valence-electron chi connectivity index (χ0n) is 13.3. The number of aromatic nitrogens is 1. The van der Waals surface area contributed by atoms with Crippen molar-refractivity contribution in [3.8, 4) is 16.9 Å². The van der Waals surface area contributed by atoms with E-state index in [9.17, 15) is 18.0 Å². The Hall–Kier alpha value is -2.28. The number of benzene rings is 1. The molecule has 1 aromatic heterocycles. The first kappa shape index (κ1) is 16.2. The molecule has 0 spiro atoms. The van der Waals surface area contributed by atoms with E-state index >= 15 is 0 Å². The number of pyridine rings is 1. The van der Waals surface area contributed by atoms with Crippen molar-refractivity contribution in [1.82, 2.24) is 9.88 Å². The number of alkyl halides is 2. The fraction of sp³-hybridized carbons (Fsp3) is 0.389. The van der Waals surface area contributed by atoms with Crippen molar-refractivity contribution in [2.75, 3.05) is 13.1 Å². The molecule has 2 bridgehead atoms. The molecule has 1 saturated heterocycles. The average molecular weight is 350 g/mol. The number of hydrogen-bond acceptors (Lipinski definition) is 3. The summed E-state index contributed by atoms with van der Waals surface area (Å²) in [5.41, 5.74) is 1.47. The zero-order chi connectivity index (χ0) is 17.6. The first-order chi connectivity index (χ1) is 12.0. The third kappa shape index (κ3) is 3.04. The lowest BCUT2D eigenvalue weighted by molar-refractivity contribution is -0.0496. The van der Waals surface area contributed by atoms with E-state index in [1.165, 1.54) is 18.2 Å². The summed E-state index contributed by atoms with van der Waals surface area (Å²) in [6.45, 7) is -0.734. The number of fused-ring (bicyclic) bond motifs is 4. The lowest BCUT2D eigenvalue weighted by Crippen LogP contribution is -2.44. The Morgan fingerprint density at radius 3 is 2.84 bits per heavy atom. The number of piperidine rings is 1. The van der Waals surface area contributed by atoms with Crippen molar-refractivity contribution >= 4 is 0 Å². The fourth-order valence-electron chi connectivity index (χ4n) is 3.89. The summed E-state index contributed by atoms with van der Waals surface area (Å²) in [7, 11) is 0. The van der Waals surface area contributed by atoms with E-state index in [1.807, 2.05) is 6.07 Å². The highest BCUT2D eigenvalue weighted by Crippen LogP contribution is 2.36. The molecule has 1 fully saturated rings. The van der Waals surface area contributed by atoms with Gasteiger partial charge in [0.1, 0.15) is 11.6 Å². The molecule has 132 valence electrons. The first-order valence-corrected chi connectivity index (χ1v) is 8.21. The Morgan fingerprint density at radius 1 is 1.20 bits per heavy atom. The molecule has 0 unspecified atom stereocenters. The molecule has 2 atom stereocenters. The predicted molar refractivity (Wildman–Crippen MR) is 86.4 cm³/mol. The van der Waals surface area contributed by atoms with Gasteiger partial charge in [-0.05, 0) is 42.6 Å². The first-order valence-electron chi connectivity index (χ1n) is 8.21. The Morgan fingerprint density at radius 2 is 2.04 bits per heavy atom. The van der Waals surface area contributed by atoms with Crippen molar-refractivity contribution in [2.45, 2.75) is 25.5 Å². The molecule has 1 aromatic carbocycles. The highest BCUT2D eigenvalue weighted by atomic mass is 19.3. The van der Waals surface area contributed by atoms with Gasteiger partial charge in [-0.1, -0.05) is 0 Å². The summed E-state index contributed by atoms with van der Waals surface area (Å²) in [6, 6.07) is 6.69. The van der Waals surface area contributed by atoms with E-state index in [0.717, 1.165) is 31.3 Å². The minimum absolute atomic E-state index is 0.170. The van der Waals surface area contributed by atoms with Gasteiger partial charge in [0.15, 0.2) is 0 Å². The van der Waals surface area contributed by atoms with Gasteiger partial charge in [-0.15, -0.1) is 0 Å². The maximum atomic E-state index is 13.4. The van der Waals surface area contributed by atoms with Gasteiger partial charge in [0, 0.05) is 42.4 Å². The lowest BCUT2D eigenvalue weighted by Gasteiger charge is -2.37. The van der Waals surface area contributed by atoms with Crippen LogP contribution in [0.1, 0.15) is 18.0 Å². The molecule has 25 heavy (non-hydrogen) atoms. The molecule has 2 aliphatic rings. The molecule has 0 aliphatic carbocycles. The lowest BCUT2D eigenvalue weighted by atomic mass is 9.83. The monoisotopic (exact) mass is 350 g/mol. The van der Waals surface area contributed by atoms with Crippen LogP contribution in [0.2, 0.25) is 0 Å². The maximum Gasteiger partial charge on any atom is 0.387 e. The molecule has 0 saturated carbocycles. The van der Waals surface area contributed by atoms with Crippen molar-refractivity contribution < 1.29 is 17.9 Å². The van der Waals surface area contributed by atoms with Crippen LogP contribution < -0.4 is 15.6 Å². The van der Waals surface area contributed by atoms with Gasteiger partial charge in [-0.2, -0.15) is 8.78 Å². The molecular weight excluding hydrogens is 333 g/mol. The van der Waals surface area contributed by atoms with E-state index < -0.39 is 12.4 Å². The molecule has 7 heteroatoms. The third-order valence-electron chi connectivity index (χ3n) is 4.93. The van der Waals surface area contributed by atoms with Gasteiger partial charge in [-0.3, -0.25) is 4.79 Å². The second kappa shape index (κ2) is 6.22. The Labute approximate surface area is 142 Å². The Bertz CT molecular complexity index is 866. The predicted octanol–water partition coefficient (Wildman–Crippen LogP) is 2.96. The van der Waals surface area contributed by atoms with Crippen LogP contribution in [0, 0.1) is 11.7 Å². The molecule has 0 radical (unpaired) electrons. The van der Waals surface area contributed by atoms with Crippen LogP contribution >= 0.6 is 0 Å². The molecule has 1 N–H and O–H groups in total. The smallest absolute Gasteiger partial charge is 0.387 e. The Kier molecular flexibility index (Phi) is 4.03. The van der Waals surface area contributed by atoms with E-state index in [-0.39, 0.29) is 22.8 Å². The zero-order valence-corrected chi connectivity index (χ0v) is 13.3. The molecule has 3 heterocycles. The van der Waals surface area contributed by atoms with Crippen molar-refractivity contribution in [3.05, 3.63) is 52.2 Å². The standard InChI is InChI=1S/C18H17F3N2O2/c19-13-1-2-14(16(6-13)25-18(20)21)11-4-15-12-3-10(7-22-8-12)9-23(15)17(24)5-11/h1-2,4-6,10,12,18,22H,3,7-9H2/t10-,12+/m0/s1. The minimum Gasteiger partial charge on any atom is -0.434 e. The van der Waals surface area contributed by atoms with Crippen LogP contribution in [0.15, 0.2) is 35.1 Å². The van der Waals surface area contributed by atoms with E-state index in [1.54, 1.807) is 4.57 Å². The van der Waals surface area contributed by atoms with Crippen LogP contribution in [0.5, 0.6) is 5.75 Å². The molecule has 4 rings (SSSR count). The van der Waals surface area contributed by atoms with Crippen LogP contribution in [0.3, 0.4) is 0 Å². The largest absolute Gasteiger partial charge is 0.434 e. The van der Waals surface area contributed by atoms with Crippen LogP contribution in [-0.2, 0) is 6.54 Å². The van der Waals surface area contributed by atoms with Crippen molar-refractivity contribution in [1.29, 1.82) is 0 Å². The molecule has 2 aliphatic heterocycles. The summed E-state index contributed by atoms with van der Waals surface area (Å²) in [5, 5.41) is 3.36. The number of hydrogen-bond donors (Lipinski definition) is 1. The summed E-state index contributed by atoms with van der Waals surface area (Å²) in [5.74, 6) is -0.304. The molecular formula is C18H17F3N2O2. The van der Waals surface area contributed by atoms with Crippen LogP contribution in [-0.4, -0.2) is 24.3 Å². The number of nitrogens with one attached hydrogen (secondary N) is 1. The van der Waals surface area contributed by atoms with Gasteiger partial charge in [0.2, 0.25) is 0 Å². The van der Waals surface area contributed by atoms with Gasteiger partial charge >= 0.3 is 6.61 Å². The van der Waals surface area contributed by atoms with Crippen LogP contribution in [0.4, 0.5) is 13.2 Å². The highest BCUT2D eigenvalue weighted by molar-refractivity contribution is 5.70. The van der Waals surface area contributed by atoms with Gasteiger partial charge in [0.05, 0.1) is 0 Å². The summed E-state index contributed by atoms with van der Waals surface area (Å²) < 4.78 is 44.9. The molecule has 0 amide bonds. The van der Waals surface area contributed by atoms with Gasteiger partial charge in [-0.25, -0.2) is 4.39 Å². The number of halogens is 3. The molecule has 4 nitrogen and oxygen atoms in total. The summed E-state index contributed by atoms with van der Waals surface area (Å²) >= 11 is 0. The minimum atomic E-state index is -3.07. The van der Waals surface area contributed by atoms with Gasteiger partial charge in [0.25, 0.3) is 5.56 Å². The van der Waals surface area contributed by atoms with Crippen LogP contribution in [0.25, 0.3) is 11.1 Å². The fourth-order valence-corrected chi connectivity index (χ4v) is 3.89. The van der Waals surface area contributed by atoms with Crippen molar-refractivity contribution in [3.63, 3.8) is 0 Å². The number of nitrogens with zero attached hydrogens (tertiary/aromatic N) is 1. The maximum absolute atomic E-state index is 13.4. The van der Waals surface area contributed by atoms with E-state index in [4.69, 9.17) is 0 Å². The van der Waals surface area contributed by atoms with Crippen molar-refractivity contribution in [2.24, 2.45) is 5.92 Å². The number of rotatable bonds is 3. The van der Waals surface area contributed by atoms with E-state index in [0.29, 0.717) is 18.0 Å². The SMILES string of the molecule is O=c1cc(-c2ccc(F)cc2OC(F)F)cc2n1C[C@@H]1CNC[C@H]2C1. The topological polar surface area (TPSA) is 43.3 Å². The second-order valence-corrected chi connectivity index (χ2v) is 6.59. The highest BCUT2D eigenvalue weighted by Gasteiger charge is 2.31. The normalized spacial score (nSPS) is 21.9. The quantitative estimate of drug-likeness (QED) is 0.926.